The second kappa shape index (κ2) is 6.64. The number of rotatable bonds is 5. The van der Waals surface area contributed by atoms with E-state index in [2.05, 4.69) is 5.32 Å². The van der Waals surface area contributed by atoms with E-state index in [0.717, 1.165) is 12.0 Å². The highest BCUT2D eigenvalue weighted by atomic mass is 16.4. The summed E-state index contributed by atoms with van der Waals surface area (Å²) in [6, 6.07) is 6.32. The van der Waals surface area contributed by atoms with Crippen LogP contribution < -0.4 is 5.32 Å². The summed E-state index contributed by atoms with van der Waals surface area (Å²) in [5.74, 6) is -0.951. The number of carboxylic acid groups (broad SMARTS) is 1. The van der Waals surface area contributed by atoms with Gasteiger partial charge in [0.1, 0.15) is 0 Å². The Kier molecular flexibility index (Phi) is 5.17. The topological polar surface area (TPSA) is 69.6 Å². The van der Waals surface area contributed by atoms with Crippen molar-refractivity contribution in [1.29, 1.82) is 0 Å². The van der Waals surface area contributed by atoms with Crippen LogP contribution in [0.5, 0.6) is 0 Å². The molecule has 0 heterocycles. The van der Waals surface area contributed by atoms with E-state index in [1.54, 1.807) is 24.1 Å². The Bertz CT molecular complexity index is 415. The van der Waals surface area contributed by atoms with Gasteiger partial charge >= 0.3 is 12.0 Å². The molecule has 5 nitrogen and oxygen atoms in total. The minimum Gasteiger partial charge on any atom is -0.478 e. The molecular formula is C13H18N2O3. The normalized spacial score (nSPS) is 9.89. The van der Waals surface area contributed by atoms with Crippen molar-refractivity contribution >= 4 is 12.0 Å². The zero-order chi connectivity index (χ0) is 13.5. The Labute approximate surface area is 106 Å². The minimum atomic E-state index is -0.951. The Balaban J connectivity index is 2.48. The molecule has 0 aliphatic rings. The standard InChI is InChI=1S/C13H18N2O3/c1-3-8-15(2)13(18)14-9-10-4-6-11(7-5-10)12(16)17/h4-7H,3,8-9H2,1-2H3,(H,14,18)(H,16,17). The van der Waals surface area contributed by atoms with Crippen LogP contribution in [0, 0.1) is 0 Å². The maximum atomic E-state index is 11.6. The van der Waals surface area contributed by atoms with Gasteiger partial charge in [-0.05, 0) is 24.1 Å². The number of aromatic carboxylic acids is 1. The van der Waals surface area contributed by atoms with Crippen molar-refractivity contribution in [3.05, 3.63) is 35.4 Å². The fourth-order valence-electron chi connectivity index (χ4n) is 1.51. The molecule has 5 heteroatoms. The molecular weight excluding hydrogens is 232 g/mol. The van der Waals surface area contributed by atoms with E-state index in [0.29, 0.717) is 13.1 Å². The van der Waals surface area contributed by atoms with Crippen LogP contribution in [0.1, 0.15) is 29.3 Å². The quantitative estimate of drug-likeness (QED) is 0.839. The van der Waals surface area contributed by atoms with Crippen molar-refractivity contribution < 1.29 is 14.7 Å². The Morgan fingerprint density at radius 2 is 1.89 bits per heavy atom. The van der Waals surface area contributed by atoms with E-state index in [-0.39, 0.29) is 11.6 Å². The van der Waals surface area contributed by atoms with Crippen LogP contribution in [-0.4, -0.2) is 35.6 Å². The fraction of sp³-hybridized carbons (Fsp3) is 0.385. The third kappa shape index (κ3) is 4.08. The molecule has 0 saturated heterocycles. The first-order valence-corrected chi connectivity index (χ1v) is 5.85. The van der Waals surface area contributed by atoms with Crippen molar-refractivity contribution in [2.24, 2.45) is 0 Å². The number of carbonyl (C=O) groups is 2. The summed E-state index contributed by atoms with van der Waals surface area (Å²) < 4.78 is 0. The molecule has 98 valence electrons. The molecule has 0 aromatic heterocycles. The van der Waals surface area contributed by atoms with E-state index in [4.69, 9.17) is 5.11 Å². The van der Waals surface area contributed by atoms with E-state index >= 15 is 0 Å². The highest BCUT2D eigenvalue weighted by Gasteiger charge is 2.07. The largest absolute Gasteiger partial charge is 0.478 e. The second-order valence-electron chi connectivity index (χ2n) is 4.08. The Morgan fingerprint density at radius 3 is 2.39 bits per heavy atom. The van der Waals surface area contributed by atoms with Crippen LogP contribution >= 0.6 is 0 Å². The van der Waals surface area contributed by atoms with E-state index in [1.807, 2.05) is 6.92 Å². The number of hydrogen-bond acceptors (Lipinski definition) is 2. The van der Waals surface area contributed by atoms with Gasteiger partial charge in [0.2, 0.25) is 0 Å². The van der Waals surface area contributed by atoms with Crippen LogP contribution in [0.25, 0.3) is 0 Å². The highest BCUT2D eigenvalue weighted by molar-refractivity contribution is 5.87. The van der Waals surface area contributed by atoms with Crippen molar-refractivity contribution in [3.8, 4) is 0 Å². The van der Waals surface area contributed by atoms with Gasteiger partial charge in [0, 0.05) is 20.1 Å². The number of carboxylic acids is 1. The average Bonchev–Trinajstić information content (AvgIpc) is 2.36. The number of urea groups is 1. The maximum absolute atomic E-state index is 11.6. The van der Waals surface area contributed by atoms with Crippen LogP contribution in [0.15, 0.2) is 24.3 Å². The first-order chi connectivity index (χ1) is 8.54. The number of nitrogens with one attached hydrogen (secondary N) is 1. The summed E-state index contributed by atoms with van der Waals surface area (Å²) in [5, 5.41) is 11.5. The number of benzene rings is 1. The molecule has 0 radical (unpaired) electrons. The third-order valence-electron chi connectivity index (χ3n) is 2.55. The molecule has 0 spiro atoms. The summed E-state index contributed by atoms with van der Waals surface area (Å²) in [4.78, 5) is 23.9. The molecule has 0 unspecified atom stereocenters. The molecule has 1 aromatic rings. The lowest BCUT2D eigenvalue weighted by molar-refractivity contribution is 0.0697. The molecule has 0 saturated carbocycles. The minimum absolute atomic E-state index is 0.126. The van der Waals surface area contributed by atoms with Gasteiger partial charge in [0.15, 0.2) is 0 Å². The molecule has 0 fully saturated rings. The van der Waals surface area contributed by atoms with Crippen LogP contribution in [0.3, 0.4) is 0 Å². The number of carbonyl (C=O) groups excluding carboxylic acids is 1. The summed E-state index contributed by atoms with van der Waals surface area (Å²) in [7, 11) is 1.74. The molecule has 0 atom stereocenters. The number of nitrogens with zero attached hydrogens (tertiary/aromatic N) is 1. The average molecular weight is 250 g/mol. The van der Waals surface area contributed by atoms with Gasteiger partial charge < -0.3 is 15.3 Å². The molecule has 0 bridgehead atoms. The lowest BCUT2D eigenvalue weighted by atomic mass is 10.1. The molecule has 1 rings (SSSR count). The summed E-state index contributed by atoms with van der Waals surface area (Å²) in [6.45, 7) is 3.12. The zero-order valence-electron chi connectivity index (χ0n) is 10.6. The summed E-state index contributed by atoms with van der Waals surface area (Å²) in [5.41, 5.74) is 1.12. The second-order valence-corrected chi connectivity index (χ2v) is 4.08. The van der Waals surface area contributed by atoms with Gasteiger partial charge in [-0.1, -0.05) is 19.1 Å². The Morgan fingerprint density at radius 1 is 1.28 bits per heavy atom. The van der Waals surface area contributed by atoms with E-state index in [1.165, 1.54) is 12.1 Å². The molecule has 18 heavy (non-hydrogen) atoms. The van der Waals surface area contributed by atoms with Gasteiger partial charge in [-0.2, -0.15) is 0 Å². The van der Waals surface area contributed by atoms with Gasteiger partial charge in [-0.3, -0.25) is 0 Å². The SMILES string of the molecule is CCCN(C)C(=O)NCc1ccc(C(=O)O)cc1. The maximum Gasteiger partial charge on any atom is 0.335 e. The Hall–Kier alpha value is -2.04. The molecule has 1 aromatic carbocycles. The highest BCUT2D eigenvalue weighted by Crippen LogP contribution is 2.04. The van der Waals surface area contributed by atoms with E-state index < -0.39 is 5.97 Å². The fourth-order valence-corrected chi connectivity index (χ4v) is 1.51. The third-order valence-corrected chi connectivity index (χ3v) is 2.55. The summed E-state index contributed by atoms with van der Waals surface area (Å²) in [6.07, 6.45) is 0.914. The van der Waals surface area contributed by atoms with Gasteiger partial charge in [-0.25, -0.2) is 9.59 Å². The monoisotopic (exact) mass is 250 g/mol. The molecule has 0 aliphatic carbocycles. The predicted molar refractivity (Wildman–Crippen MR) is 68.6 cm³/mol. The van der Waals surface area contributed by atoms with Gasteiger partial charge in [0.05, 0.1) is 5.56 Å². The lowest BCUT2D eigenvalue weighted by Gasteiger charge is -2.16. The summed E-state index contributed by atoms with van der Waals surface area (Å²) >= 11 is 0. The first-order valence-electron chi connectivity index (χ1n) is 5.85. The molecule has 2 amide bonds. The van der Waals surface area contributed by atoms with Crippen LogP contribution in [0.4, 0.5) is 4.79 Å². The van der Waals surface area contributed by atoms with Crippen LogP contribution in [-0.2, 0) is 6.54 Å². The van der Waals surface area contributed by atoms with Crippen LogP contribution in [0.2, 0.25) is 0 Å². The molecule has 2 N–H and O–H groups in total. The van der Waals surface area contributed by atoms with E-state index in [9.17, 15) is 9.59 Å². The van der Waals surface area contributed by atoms with Gasteiger partial charge in [0.25, 0.3) is 0 Å². The van der Waals surface area contributed by atoms with Crippen molar-refractivity contribution in [2.75, 3.05) is 13.6 Å². The predicted octanol–water partition coefficient (Wildman–Crippen LogP) is 1.94. The lowest BCUT2D eigenvalue weighted by Crippen LogP contribution is -2.37. The van der Waals surface area contributed by atoms with Gasteiger partial charge in [-0.15, -0.1) is 0 Å². The zero-order valence-corrected chi connectivity index (χ0v) is 10.6. The first kappa shape index (κ1) is 14.0. The smallest absolute Gasteiger partial charge is 0.335 e. The number of hydrogen-bond donors (Lipinski definition) is 2. The van der Waals surface area contributed by atoms with Crippen molar-refractivity contribution in [1.82, 2.24) is 10.2 Å². The molecule has 0 aliphatic heterocycles. The van der Waals surface area contributed by atoms with Crippen molar-refractivity contribution in [2.45, 2.75) is 19.9 Å². The van der Waals surface area contributed by atoms with Crippen molar-refractivity contribution in [3.63, 3.8) is 0 Å². The number of amides is 2.